The molecule has 0 aromatic rings. The van der Waals surface area contributed by atoms with E-state index in [0.717, 1.165) is 12.2 Å². The van der Waals surface area contributed by atoms with E-state index >= 15 is 0 Å². The van der Waals surface area contributed by atoms with E-state index in [9.17, 15) is 9.59 Å². The van der Waals surface area contributed by atoms with Gasteiger partial charge < -0.3 is 5.73 Å². The first-order chi connectivity index (χ1) is 5.16. The molecule has 0 atom stereocenters. The monoisotopic (exact) mass is 148 g/mol. The van der Waals surface area contributed by atoms with Crippen LogP contribution in [0.5, 0.6) is 0 Å². The van der Waals surface area contributed by atoms with Crippen molar-refractivity contribution in [3.05, 3.63) is 23.4 Å². The fourth-order valence-corrected chi connectivity index (χ4v) is 0.696. The van der Waals surface area contributed by atoms with Gasteiger partial charge in [0.2, 0.25) is 5.78 Å². The Balaban J connectivity index is 3.23. The van der Waals surface area contributed by atoms with Crippen molar-refractivity contribution in [3.63, 3.8) is 0 Å². The third kappa shape index (κ3) is 1.03. The molecule has 0 heterocycles. The number of carbonyl (C=O) groups excluding carboxylic acids is 2. The number of ketones is 2. The molecule has 4 heteroatoms. The van der Waals surface area contributed by atoms with Crippen LogP contribution >= 0.6 is 0 Å². The van der Waals surface area contributed by atoms with E-state index in [2.05, 4.69) is 0 Å². The minimum Gasteiger partial charge on any atom is -0.394 e. The Labute approximate surface area is 62.6 Å². The van der Waals surface area contributed by atoms with E-state index in [0.29, 0.717) is 0 Å². The van der Waals surface area contributed by atoms with Gasteiger partial charge in [0.25, 0.3) is 0 Å². The highest BCUT2D eigenvalue weighted by atomic mass is 16.1. The summed E-state index contributed by atoms with van der Waals surface area (Å²) in [5.41, 5.74) is 4.63. The van der Waals surface area contributed by atoms with E-state index in [4.69, 9.17) is 11.0 Å². The Morgan fingerprint density at radius 3 is 2.27 bits per heavy atom. The van der Waals surface area contributed by atoms with Crippen molar-refractivity contribution >= 4 is 11.6 Å². The van der Waals surface area contributed by atoms with Crippen LogP contribution in [0.4, 0.5) is 0 Å². The summed E-state index contributed by atoms with van der Waals surface area (Å²) < 4.78 is 0. The maximum Gasteiger partial charge on any atom is 0.203 e. The molecule has 0 saturated carbocycles. The van der Waals surface area contributed by atoms with E-state index in [1.54, 1.807) is 6.07 Å². The number of hydrogen-bond donors (Lipinski definition) is 1. The zero-order valence-electron chi connectivity index (χ0n) is 5.50. The summed E-state index contributed by atoms with van der Waals surface area (Å²) in [5.74, 6) is -0.995. The largest absolute Gasteiger partial charge is 0.394 e. The molecule has 11 heavy (non-hydrogen) atoms. The van der Waals surface area contributed by atoms with Crippen LogP contribution in [0, 0.1) is 11.3 Å². The number of nitrogens with zero attached hydrogens (tertiary/aromatic N) is 1. The molecule has 0 fully saturated rings. The first-order valence-corrected chi connectivity index (χ1v) is 2.83. The topological polar surface area (TPSA) is 83.9 Å². The molecule has 0 bridgehead atoms. The van der Waals surface area contributed by atoms with Gasteiger partial charge in [-0.1, -0.05) is 0 Å². The normalized spacial score (nSPS) is 17.0. The maximum atomic E-state index is 10.8. The average molecular weight is 148 g/mol. The third-order valence-corrected chi connectivity index (χ3v) is 1.28. The van der Waals surface area contributed by atoms with Gasteiger partial charge in [0, 0.05) is 0 Å². The molecule has 0 amide bonds. The van der Waals surface area contributed by atoms with Crippen LogP contribution in [0.1, 0.15) is 0 Å². The van der Waals surface area contributed by atoms with Crippen molar-refractivity contribution in [1.29, 1.82) is 5.26 Å². The number of hydrogen-bond acceptors (Lipinski definition) is 4. The summed E-state index contributed by atoms with van der Waals surface area (Å²) in [6.45, 7) is 0. The van der Waals surface area contributed by atoms with E-state index < -0.39 is 11.6 Å². The first kappa shape index (κ1) is 7.22. The molecule has 1 aliphatic carbocycles. The molecule has 0 aromatic carbocycles. The summed E-state index contributed by atoms with van der Waals surface area (Å²) in [7, 11) is 0. The van der Waals surface area contributed by atoms with Crippen molar-refractivity contribution in [2.75, 3.05) is 0 Å². The van der Waals surface area contributed by atoms with Gasteiger partial charge in [0.05, 0.1) is 0 Å². The smallest absolute Gasteiger partial charge is 0.203 e. The van der Waals surface area contributed by atoms with Crippen LogP contribution < -0.4 is 5.73 Å². The Bertz CT molecular complexity index is 331. The molecular formula is C7H4N2O2. The SMILES string of the molecule is N#CC1=C(N)C(=O)C=CC1=O. The lowest BCUT2D eigenvalue weighted by atomic mass is 10.0. The first-order valence-electron chi connectivity index (χ1n) is 2.83. The van der Waals surface area contributed by atoms with Gasteiger partial charge in [0.15, 0.2) is 5.78 Å². The second kappa shape index (κ2) is 2.39. The number of nitrogens with two attached hydrogens (primary N) is 1. The zero-order valence-corrected chi connectivity index (χ0v) is 5.50. The minimum atomic E-state index is -0.510. The summed E-state index contributed by atoms with van der Waals surface area (Å²) in [5, 5.41) is 8.35. The zero-order chi connectivity index (χ0) is 8.43. The molecule has 54 valence electrons. The standard InChI is InChI=1S/C7H4N2O2/c8-3-4-5(10)1-2-6(11)7(4)9/h1-2H,9H2. The molecule has 2 N–H and O–H groups in total. The number of allylic oxidation sites excluding steroid dienone is 3. The quantitative estimate of drug-likeness (QED) is 0.466. The Kier molecular flexibility index (Phi) is 1.57. The molecule has 1 rings (SSSR count). The predicted molar refractivity (Wildman–Crippen MR) is 36.0 cm³/mol. The van der Waals surface area contributed by atoms with Crippen molar-refractivity contribution < 1.29 is 9.59 Å². The van der Waals surface area contributed by atoms with Crippen LogP contribution in [0.3, 0.4) is 0 Å². The lowest BCUT2D eigenvalue weighted by molar-refractivity contribution is -0.115. The lowest BCUT2D eigenvalue weighted by Crippen LogP contribution is -2.19. The van der Waals surface area contributed by atoms with Crippen LogP contribution in [0.15, 0.2) is 23.4 Å². The van der Waals surface area contributed by atoms with Crippen molar-refractivity contribution in [2.45, 2.75) is 0 Å². The van der Waals surface area contributed by atoms with Crippen molar-refractivity contribution in [2.24, 2.45) is 5.73 Å². The van der Waals surface area contributed by atoms with Gasteiger partial charge in [0.1, 0.15) is 17.3 Å². The lowest BCUT2D eigenvalue weighted by Gasteiger charge is -2.02. The van der Waals surface area contributed by atoms with Crippen LogP contribution in [0.25, 0.3) is 0 Å². The molecule has 0 aliphatic heterocycles. The second-order valence-electron chi connectivity index (χ2n) is 1.96. The molecule has 0 radical (unpaired) electrons. The van der Waals surface area contributed by atoms with Crippen LogP contribution in [0.2, 0.25) is 0 Å². The van der Waals surface area contributed by atoms with E-state index in [-0.39, 0.29) is 11.3 Å². The molecule has 1 aliphatic rings. The highest BCUT2D eigenvalue weighted by molar-refractivity contribution is 6.21. The van der Waals surface area contributed by atoms with Crippen LogP contribution in [-0.4, -0.2) is 11.6 Å². The van der Waals surface area contributed by atoms with E-state index in [1.165, 1.54) is 0 Å². The summed E-state index contributed by atoms with van der Waals surface area (Å²) in [6, 6.07) is 1.57. The van der Waals surface area contributed by atoms with E-state index in [1.807, 2.05) is 0 Å². The number of nitriles is 1. The second-order valence-corrected chi connectivity index (χ2v) is 1.96. The average Bonchev–Trinajstić information content (AvgIpc) is 1.99. The summed E-state index contributed by atoms with van der Waals surface area (Å²) >= 11 is 0. The molecule has 4 nitrogen and oxygen atoms in total. The van der Waals surface area contributed by atoms with Gasteiger partial charge in [-0.15, -0.1) is 0 Å². The highest BCUT2D eigenvalue weighted by Crippen LogP contribution is 2.07. The number of carbonyl (C=O) groups is 2. The molecule has 0 saturated heterocycles. The van der Waals surface area contributed by atoms with Crippen molar-refractivity contribution in [1.82, 2.24) is 0 Å². The Morgan fingerprint density at radius 1 is 1.27 bits per heavy atom. The van der Waals surface area contributed by atoms with Gasteiger partial charge in [-0.3, -0.25) is 9.59 Å². The van der Waals surface area contributed by atoms with Gasteiger partial charge in [-0.05, 0) is 12.2 Å². The van der Waals surface area contributed by atoms with Gasteiger partial charge >= 0.3 is 0 Å². The fourth-order valence-electron chi connectivity index (χ4n) is 0.696. The predicted octanol–water partition coefficient (Wildman–Crippen LogP) is -0.569. The minimum absolute atomic E-state index is 0.264. The fraction of sp³-hybridized carbons (Fsp3) is 0. The molecule has 0 spiro atoms. The van der Waals surface area contributed by atoms with Gasteiger partial charge in [-0.2, -0.15) is 5.26 Å². The summed E-state index contributed by atoms with van der Waals surface area (Å²) in [4.78, 5) is 21.5. The Hall–Kier alpha value is -1.89. The van der Waals surface area contributed by atoms with Crippen molar-refractivity contribution in [3.8, 4) is 6.07 Å². The number of rotatable bonds is 0. The van der Waals surface area contributed by atoms with Gasteiger partial charge in [-0.25, -0.2) is 0 Å². The molecule has 0 aromatic heterocycles. The molecular weight excluding hydrogens is 144 g/mol. The highest BCUT2D eigenvalue weighted by Gasteiger charge is 2.19. The maximum absolute atomic E-state index is 10.8. The third-order valence-electron chi connectivity index (χ3n) is 1.28. The summed E-state index contributed by atoms with van der Waals surface area (Å²) in [6.07, 6.45) is 2.09. The molecule has 0 unspecified atom stereocenters. The van der Waals surface area contributed by atoms with Crippen LogP contribution in [-0.2, 0) is 9.59 Å². The Morgan fingerprint density at radius 2 is 1.82 bits per heavy atom.